The van der Waals surface area contributed by atoms with Gasteiger partial charge in [-0.15, -0.1) is 11.6 Å². The van der Waals surface area contributed by atoms with Crippen LogP contribution in [0.2, 0.25) is 0 Å². The molecule has 2 aromatic rings. The van der Waals surface area contributed by atoms with Gasteiger partial charge in [-0.2, -0.15) is 0 Å². The molecule has 0 fully saturated rings. The first kappa shape index (κ1) is 13.4. The molecular weight excluding hydrogens is 319 g/mol. The van der Waals surface area contributed by atoms with Crippen molar-refractivity contribution in [2.24, 2.45) is 0 Å². The second-order valence-electron chi connectivity index (χ2n) is 3.91. The molecule has 0 atom stereocenters. The number of hydrogen-bond acceptors (Lipinski definition) is 1. The first-order chi connectivity index (χ1) is 8.60. The summed E-state index contributed by atoms with van der Waals surface area (Å²) in [5, 5.41) is 0. The molecule has 94 valence electrons. The highest BCUT2D eigenvalue weighted by molar-refractivity contribution is 9.10. The fraction of sp³-hybridized carbons (Fsp3) is 0.143. The summed E-state index contributed by atoms with van der Waals surface area (Å²) < 4.78 is 19.6. The largest absolute Gasteiger partial charge is 0.456 e. The van der Waals surface area contributed by atoms with Crippen molar-refractivity contribution >= 4 is 27.5 Å². The lowest BCUT2D eigenvalue weighted by Crippen LogP contribution is -1.90. The fourth-order valence-corrected chi connectivity index (χ4v) is 2.19. The summed E-state index contributed by atoms with van der Waals surface area (Å²) in [6, 6.07) is 10.0. The van der Waals surface area contributed by atoms with Gasteiger partial charge in [-0.3, -0.25) is 0 Å². The third-order valence-corrected chi connectivity index (χ3v) is 3.45. The minimum Gasteiger partial charge on any atom is -0.456 e. The summed E-state index contributed by atoms with van der Waals surface area (Å²) >= 11 is 9.16. The third-order valence-electron chi connectivity index (χ3n) is 2.52. The zero-order valence-corrected chi connectivity index (χ0v) is 12.1. The molecule has 0 aliphatic heterocycles. The molecule has 18 heavy (non-hydrogen) atoms. The maximum Gasteiger partial charge on any atom is 0.141 e. The minimum absolute atomic E-state index is 0.316. The molecule has 0 aliphatic carbocycles. The van der Waals surface area contributed by atoms with Crippen molar-refractivity contribution in [1.82, 2.24) is 0 Å². The zero-order chi connectivity index (χ0) is 13.1. The molecule has 2 aromatic carbocycles. The van der Waals surface area contributed by atoms with Gasteiger partial charge in [0.05, 0.1) is 4.47 Å². The summed E-state index contributed by atoms with van der Waals surface area (Å²) in [4.78, 5) is 0. The predicted molar refractivity (Wildman–Crippen MR) is 74.9 cm³/mol. The highest BCUT2D eigenvalue weighted by Crippen LogP contribution is 2.32. The normalized spacial score (nSPS) is 10.4. The number of halogens is 3. The Hall–Kier alpha value is -1.06. The van der Waals surface area contributed by atoms with Crippen LogP contribution in [0.5, 0.6) is 11.5 Å². The van der Waals surface area contributed by atoms with Crippen LogP contribution in [0.4, 0.5) is 4.39 Å². The van der Waals surface area contributed by atoms with Gasteiger partial charge in [-0.25, -0.2) is 4.39 Å². The van der Waals surface area contributed by atoms with Crippen LogP contribution in [-0.4, -0.2) is 0 Å². The Balaban J connectivity index is 2.31. The van der Waals surface area contributed by atoms with Crippen LogP contribution in [-0.2, 0) is 5.88 Å². The quantitative estimate of drug-likeness (QED) is 0.682. The number of benzene rings is 2. The van der Waals surface area contributed by atoms with Crippen LogP contribution in [0.15, 0.2) is 40.9 Å². The number of aryl methyl sites for hydroxylation is 1. The Morgan fingerprint density at radius 2 is 1.94 bits per heavy atom. The molecule has 0 unspecified atom stereocenters. The molecule has 0 radical (unpaired) electrons. The summed E-state index contributed by atoms with van der Waals surface area (Å²) in [5.41, 5.74) is 1.87. The van der Waals surface area contributed by atoms with E-state index in [9.17, 15) is 4.39 Å². The summed E-state index contributed by atoms with van der Waals surface area (Å²) in [5.74, 6) is 1.27. The molecule has 0 bridgehead atoms. The van der Waals surface area contributed by atoms with Gasteiger partial charge in [0.15, 0.2) is 0 Å². The zero-order valence-electron chi connectivity index (χ0n) is 9.71. The lowest BCUT2D eigenvalue weighted by atomic mass is 10.2. The molecular formula is C14H11BrClFO. The minimum atomic E-state index is -0.316. The maximum atomic E-state index is 13.2. The average Bonchev–Trinajstić information content (AvgIpc) is 2.36. The van der Waals surface area contributed by atoms with Gasteiger partial charge in [0.25, 0.3) is 0 Å². The van der Waals surface area contributed by atoms with E-state index in [0.29, 0.717) is 17.4 Å². The molecule has 0 heterocycles. The second kappa shape index (κ2) is 5.72. The molecule has 0 amide bonds. The Labute approximate surface area is 119 Å². The molecule has 2 rings (SSSR count). The van der Waals surface area contributed by atoms with Crippen molar-refractivity contribution in [2.75, 3.05) is 0 Å². The summed E-state index contributed by atoms with van der Waals surface area (Å²) in [6.45, 7) is 1.87. The van der Waals surface area contributed by atoms with E-state index in [4.69, 9.17) is 16.3 Å². The summed E-state index contributed by atoms with van der Waals surface area (Å²) in [6.07, 6.45) is 0. The van der Waals surface area contributed by atoms with Gasteiger partial charge in [0.1, 0.15) is 17.3 Å². The van der Waals surface area contributed by atoms with Crippen LogP contribution in [0, 0.1) is 12.7 Å². The Bertz CT molecular complexity index is 572. The van der Waals surface area contributed by atoms with Crippen molar-refractivity contribution in [3.63, 3.8) is 0 Å². The predicted octanol–water partition coefficient (Wildman–Crippen LogP) is 5.43. The van der Waals surface area contributed by atoms with Crippen LogP contribution >= 0.6 is 27.5 Å². The van der Waals surface area contributed by atoms with Gasteiger partial charge < -0.3 is 4.74 Å². The van der Waals surface area contributed by atoms with Gasteiger partial charge in [0.2, 0.25) is 0 Å². The van der Waals surface area contributed by atoms with E-state index >= 15 is 0 Å². The van der Waals surface area contributed by atoms with Crippen molar-refractivity contribution in [3.8, 4) is 11.5 Å². The third kappa shape index (κ3) is 3.03. The molecule has 0 aliphatic rings. The molecule has 4 heteroatoms. The molecule has 0 aromatic heterocycles. The van der Waals surface area contributed by atoms with Crippen molar-refractivity contribution < 1.29 is 9.13 Å². The van der Waals surface area contributed by atoms with E-state index in [1.807, 2.05) is 25.1 Å². The standard InChI is InChI=1S/C14H11BrClFO/c1-9-2-4-11(17)7-14(9)18-13-5-3-10(8-16)6-12(13)15/h2-7H,8H2,1H3. The van der Waals surface area contributed by atoms with Gasteiger partial charge in [-0.05, 0) is 52.2 Å². The number of ether oxygens (including phenoxy) is 1. The van der Waals surface area contributed by atoms with Gasteiger partial charge >= 0.3 is 0 Å². The van der Waals surface area contributed by atoms with E-state index in [1.54, 1.807) is 6.07 Å². The highest BCUT2D eigenvalue weighted by Gasteiger charge is 2.07. The smallest absolute Gasteiger partial charge is 0.141 e. The topological polar surface area (TPSA) is 9.23 Å². The van der Waals surface area contributed by atoms with E-state index in [0.717, 1.165) is 15.6 Å². The Kier molecular flexibility index (Phi) is 4.25. The number of alkyl halides is 1. The van der Waals surface area contributed by atoms with Crippen molar-refractivity contribution in [3.05, 3.63) is 57.8 Å². The molecule has 0 saturated carbocycles. The molecule has 1 nitrogen and oxygen atoms in total. The lowest BCUT2D eigenvalue weighted by Gasteiger charge is -2.11. The average molecular weight is 330 g/mol. The van der Waals surface area contributed by atoms with E-state index in [2.05, 4.69) is 15.9 Å². The lowest BCUT2D eigenvalue weighted by molar-refractivity contribution is 0.470. The SMILES string of the molecule is Cc1ccc(F)cc1Oc1ccc(CCl)cc1Br. The fourth-order valence-electron chi connectivity index (χ4n) is 1.51. The van der Waals surface area contributed by atoms with E-state index < -0.39 is 0 Å². The first-order valence-corrected chi connectivity index (χ1v) is 6.71. The van der Waals surface area contributed by atoms with Crippen molar-refractivity contribution in [1.29, 1.82) is 0 Å². The number of rotatable bonds is 3. The summed E-state index contributed by atoms with van der Waals surface area (Å²) in [7, 11) is 0. The molecule has 0 saturated heterocycles. The van der Waals surface area contributed by atoms with Crippen LogP contribution < -0.4 is 4.74 Å². The Morgan fingerprint density at radius 1 is 1.17 bits per heavy atom. The first-order valence-electron chi connectivity index (χ1n) is 5.38. The second-order valence-corrected chi connectivity index (χ2v) is 5.03. The van der Waals surface area contributed by atoms with Crippen LogP contribution in [0.1, 0.15) is 11.1 Å². The van der Waals surface area contributed by atoms with Crippen LogP contribution in [0.3, 0.4) is 0 Å². The van der Waals surface area contributed by atoms with Crippen molar-refractivity contribution in [2.45, 2.75) is 12.8 Å². The highest BCUT2D eigenvalue weighted by atomic mass is 79.9. The van der Waals surface area contributed by atoms with E-state index in [-0.39, 0.29) is 5.82 Å². The van der Waals surface area contributed by atoms with Gasteiger partial charge in [-0.1, -0.05) is 12.1 Å². The monoisotopic (exact) mass is 328 g/mol. The molecule has 0 spiro atoms. The van der Waals surface area contributed by atoms with Crippen LogP contribution in [0.25, 0.3) is 0 Å². The molecule has 0 N–H and O–H groups in total. The van der Waals surface area contributed by atoms with E-state index in [1.165, 1.54) is 12.1 Å². The Morgan fingerprint density at radius 3 is 2.61 bits per heavy atom. The maximum absolute atomic E-state index is 13.2. The van der Waals surface area contributed by atoms with Gasteiger partial charge in [0, 0.05) is 11.9 Å². The number of hydrogen-bond donors (Lipinski definition) is 0.